The Kier molecular flexibility index (Phi) is 11.3. The van der Waals surface area contributed by atoms with Gasteiger partial charge in [0.25, 0.3) is 0 Å². The van der Waals surface area contributed by atoms with E-state index in [1.54, 1.807) is 62.8 Å². The van der Waals surface area contributed by atoms with E-state index in [0.29, 0.717) is 58.2 Å². The molecule has 0 amide bonds. The fourth-order valence-electron chi connectivity index (χ4n) is 6.11. The molecule has 4 aromatic rings. The Morgan fingerprint density at radius 3 is 1.02 bits per heavy atom. The summed E-state index contributed by atoms with van der Waals surface area (Å²) in [5.74, 6) is -1.56. The van der Waals surface area contributed by atoms with E-state index in [4.69, 9.17) is 28.4 Å². The van der Waals surface area contributed by atoms with Crippen LogP contribution in [0.5, 0.6) is 11.5 Å². The molecule has 48 heavy (non-hydrogen) atoms. The lowest BCUT2D eigenvalue weighted by Gasteiger charge is -2.18. The lowest BCUT2D eigenvalue weighted by atomic mass is 10.0. The predicted octanol–water partition coefficient (Wildman–Crippen LogP) is 5.61. The lowest BCUT2D eigenvalue weighted by molar-refractivity contribution is 0.0556. The number of hydrogen-bond acceptors (Lipinski definition) is 10. The average Bonchev–Trinajstić information content (AvgIpc) is 3.65. The van der Waals surface area contributed by atoms with Crippen molar-refractivity contribution < 1.29 is 47.6 Å². The van der Waals surface area contributed by atoms with Crippen molar-refractivity contribution in [3.05, 3.63) is 82.2 Å². The first-order chi connectivity index (χ1) is 23.1. The first-order valence-electron chi connectivity index (χ1n) is 15.3. The highest BCUT2D eigenvalue weighted by atomic mass is 16.5. The first-order valence-corrected chi connectivity index (χ1v) is 15.3. The number of hydrogen-bond donors (Lipinski definition) is 0. The minimum absolute atomic E-state index is 0.0652. The molecule has 0 aliphatic heterocycles. The fraction of sp³-hybridized carbons (Fsp3) is 0.333. The van der Waals surface area contributed by atoms with Crippen LogP contribution < -0.4 is 9.47 Å². The molecule has 254 valence electrons. The largest absolute Gasteiger partial charge is 0.497 e. The zero-order valence-electron chi connectivity index (χ0n) is 28.4. The molecule has 0 saturated heterocycles. The van der Waals surface area contributed by atoms with Crippen molar-refractivity contribution in [3.8, 4) is 34.0 Å². The van der Waals surface area contributed by atoms with Gasteiger partial charge in [0.2, 0.25) is 0 Å². The van der Waals surface area contributed by atoms with Gasteiger partial charge in [0.05, 0.1) is 65.2 Å². The second kappa shape index (κ2) is 15.4. The molecule has 2 heterocycles. The van der Waals surface area contributed by atoms with E-state index in [1.807, 2.05) is 23.0 Å². The summed E-state index contributed by atoms with van der Waals surface area (Å²) in [6.07, 6.45) is 0.728. The van der Waals surface area contributed by atoms with Crippen LogP contribution in [0.1, 0.15) is 66.7 Å². The van der Waals surface area contributed by atoms with Crippen molar-refractivity contribution >= 4 is 23.9 Å². The summed E-state index contributed by atoms with van der Waals surface area (Å²) in [6.45, 7) is 4.16. The SMILES string of the molecule is CCc1c(C(=O)OC)c(C(=O)OC)c(-c2ccc(OC)cc2)n1CCn1c(CC)c(C(=O)OC)c(C(=O)OC)c1-c1ccc(OC)cc1. The molecule has 0 N–H and O–H groups in total. The highest BCUT2D eigenvalue weighted by Crippen LogP contribution is 2.37. The Bertz CT molecular complexity index is 1680. The summed E-state index contributed by atoms with van der Waals surface area (Å²) < 4.78 is 35.1. The number of rotatable bonds is 13. The molecular weight excluding hydrogens is 620 g/mol. The highest BCUT2D eigenvalue weighted by Gasteiger charge is 2.35. The molecule has 12 heteroatoms. The van der Waals surface area contributed by atoms with Crippen molar-refractivity contribution in [2.24, 2.45) is 0 Å². The van der Waals surface area contributed by atoms with Crippen molar-refractivity contribution in [2.75, 3.05) is 42.7 Å². The predicted molar refractivity (Wildman–Crippen MR) is 177 cm³/mol. The summed E-state index contributed by atoms with van der Waals surface area (Å²) >= 11 is 0. The number of carbonyl (C=O) groups excluding carboxylic acids is 4. The minimum Gasteiger partial charge on any atom is -0.497 e. The maximum Gasteiger partial charge on any atom is 0.340 e. The van der Waals surface area contributed by atoms with E-state index in [1.165, 1.54) is 28.4 Å². The fourth-order valence-corrected chi connectivity index (χ4v) is 6.11. The summed E-state index contributed by atoms with van der Waals surface area (Å²) in [5, 5.41) is 0. The van der Waals surface area contributed by atoms with E-state index < -0.39 is 23.9 Å². The Morgan fingerprint density at radius 1 is 0.479 bits per heavy atom. The van der Waals surface area contributed by atoms with Gasteiger partial charge in [-0.15, -0.1) is 0 Å². The number of aromatic nitrogens is 2. The second-order valence-corrected chi connectivity index (χ2v) is 10.5. The zero-order valence-corrected chi connectivity index (χ0v) is 28.4. The quantitative estimate of drug-likeness (QED) is 0.132. The van der Waals surface area contributed by atoms with E-state index in [2.05, 4.69) is 0 Å². The molecular formula is C36H40N2O10. The maximum absolute atomic E-state index is 13.4. The van der Waals surface area contributed by atoms with Gasteiger partial charge in [-0.25, -0.2) is 19.2 Å². The Hall–Kier alpha value is -5.52. The lowest BCUT2D eigenvalue weighted by Crippen LogP contribution is -2.15. The van der Waals surface area contributed by atoms with Crippen LogP contribution >= 0.6 is 0 Å². The highest BCUT2D eigenvalue weighted by molar-refractivity contribution is 6.10. The Balaban J connectivity index is 2.06. The van der Waals surface area contributed by atoms with Gasteiger partial charge in [-0.3, -0.25) is 0 Å². The summed E-state index contributed by atoms with van der Waals surface area (Å²) in [6, 6.07) is 14.2. The van der Waals surface area contributed by atoms with Crippen molar-refractivity contribution in [3.63, 3.8) is 0 Å². The molecule has 0 fully saturated rings. The van der Waals surface area contributed by atoms with Gasteiger partial charge in [0, 0.05) is 24.5 Å². The number of esters is 4. The minimum atomic E-state index is -0.704. The molecule has 0 radical (unpaired) electrons. The molecule has 4 rings (SSSR count). The van der Waals surface area contributed by atoms with E-state index in [9.17, 15) is 19.2 Å². The first kappa shape index (κ1) is 35.3. The van der Waals surface area contributed by atoms with Gasteiger partial charge in [-0.2, -0.15) is 0 Å². The number of methoxy groups -OCH3 is 6. The molecule has 2 aromatic heterocycles. The molecule has 0 atom stereocenters. The van der Waals surface area contributed by atoms with E-state index in [-0.39, 0.29) is 35.3 Å². The normalized spacial score (nSPS) is 10.8. The monoisotopic (exact) mass is 660 g/mol. The molecule has 0 aliphatic carbocycles. The summed E-state index contributed by atoms with van der Waals surface area (Å²) in [5.41, 5.74) is 3.57. The number of benzene rings is 2. The van der Waals surface area contributed by atoms with Crippen LogP contribution in [0.15, 0.2) is 48.5 Å². The van der Waals surface area contributed by atoms with Gasteiger partial charge in [-0.05, 0) is 72.5 Å². The molecule has 0 saturated carbocycles. The number of nitrogens with zero attached hydrogens (tertiary/aromatic N) is 2. The van der Waals surface area contributed by atoms with Crippen LogP contribution in [-0.4, -0.2) is 75.7 Å². The Labute approximate surface area is 279 Å². The molecule has 2 aromatic carbocycles. The molecule has 12 nitrogen and oxygen atoms in total. The third-order valence-corrected chi connectivity index (χ3v) is 8.24. The van der Waals surface area contributed by atoms with Crippen LogP contribution in [0.2, 0.25) is 0 Å². The zero-order chi connectivity index (χ0) is 35.1. The van der Waals surface area contributed by atoms with Gasteiger partial charge < -0.3 is 37.6 Å². The van der Waals surface area contributed by atoms with Crippen molar-refractivity contribution in [1.29, 1.82) is 0 Å². The maximum atomic E-state index is 13.4. The van der Waals surface area contributed by atoms with Crippen LogP contribution in [-0.2, 0) is 44.9 Å². The van der Waals surface area contributed by atoms with E-state index >= 15 is 0 Å². The smallest absolute Gasteiger partial charge is 0.340 e. The third kappa shape index (κ3) is 6.38. The van der Waals surface area contributed by atoms with E-state index in [0.717, 1.165) is 0 Å². The summed E-state index contributed by atoms with van der Waals surface area (Å²) in [7, 11) is 8.11. The third-order valence-electron chi connectivity index (χ3n) is 8.24. The van der Waals surface area contributed by atoms with Gasteiger partial charge in [0.15, 0.2) is 0 Å². The van der Waals surface area contributed by atoms with Crippen LogP contribution in [0.4, 0.5) is 0 Å². The van der Waals surface area contributed by atoms with Crippen molar-refractivity contribution in [2.45, 2.75) is 39.8 Å². The van der Waals surface area contributed by atoms with Gasteiger partial charge >= 0.3 is 23.9 Å². The van der Waals surface area contributed by atoms with Gasteiger partial charge in [-0.1, -0.05) is 13.8 Å². The topological polar surface area (TPSA) is 134 Å². The van der Waals surface area contributed by atoms with Crippen LogP contribution in [0.25, 0.3) is 22.5 Å². The van der Waals surface area contributed by atoms with Crippen LogP contribution in [0, 0.1) is 0 Å². The average molecular weight is 661 g/mol. The Morgan fingerprint density at radius 2 is 0.771 bits per heavy atom. The van der Waals surface area contributed by atoms with Gasteiger partial charge in [0.1, 0.15) is 22.6 Å². The van der Waals surface area contributed by atoms with Crippen molar-refractivity contribution in [1.82, 2.24) is 9.13 Å². The molecule has 0 aliphatic rings. The number of carbonyl (C=O) groups is 4. The standard InChI is InChI=1S/C36H40N2O10/c1-9-25-27(33(39)45-5)29(35(41)47-7)31(21-11-15-23(43-3)16-12-21)37(25)19-20-38-26(10-2)28(34(40)46-6)30(36(42)48-8)32(38)22-13-17-24(44-4)18-14-22/h11-18H,9-10,19-20H2,1-8H3. The van der Waals surface area contributed by atoms with Crippen LogP contribution in [0.3, 0.4) is 0 Å². The molecule has 0 spiro atoms. The summed E-state index contributed by atoms with van der Waals surface area (Å²) in [4.78, 5) is 53.4. The molecule has 0 bridgehead atoms. The number of ether oxygens (including phenoxy) is 6. The second-order valence-electron chi connectivity index (χ2n) is 10.5. The molecule has 0 unspecified atom stereocenters.